The number of nitrogens with zero attached hydrogens (tertiary/aromatic N) is 2. The number of halogens is 6. The zero-order valence-corrected chi connectivity index (χ0v) is 24.3. The molecule has 1 amide bonds. The van der Waals surface area contributed by atoms with E-state index in [2.05, 4.69) is 35.7 Å². The van der Waals surface area contributed by atoms with Crippen LogP contribution in [0, 0.1) is 11.6 Å². The number of nitrogens with two attached hydrogens (primary N) is 1. The Bertz CT molecular complexity index is 1350. The quantitative estimate of drug-likeness (QED) is 0.153. The molecule has 38 heavy (non-hydrogen) atoms. The van der Waals surface area contributed by atoms with Crippen molar-refractivity contribution in [1.82, 2.24) is 4.31 Å². The van der Waals surface area contributed by atoms with Gasteiger partial charge >= 0.3 is 15.3 Å². The van der Waals surface area contributed by atoms with Gasteiger partial charge in [0.15, 0.2) is 0 Å². The molecule has 3 N–H and O–H groups in total. The molecule has 0 aromatic heterocycles. The number of anilines is 1. The second-order valence-corrected chi connectivity index (χ2v) is 12.0. The molecule has 2 aromatic rings. The number of hydrogen-bond acceptors (Lipinski definition) is 9. The van der Waals surface area contributed by atoms with E-state index in [1.807, 2.05) is 0 Å². The van der Waals surface area contributed by atoms with E-state index in [0.29, 0.717) is 15.3 Å². The minimum absolute atomic E-state index is 0.00568. The lowest BCUT2D eigenvalue weighted by Gasteiger charge is -2.13. The molecule has 0 radical (unpaired) electrons. The largest absolute Gasteiger partial charge is 0.447 e. The summed E-state index contributed by atoms with van der Waals surface area (Å²) in [6.07, 6.45) is -0.132. The van der Waals surface area contributed by atoms with E-state index in [1.165, 1.54) is 24.3 Å². The Kier molecular flexibility index (Phi) is 16.6. The van der Waals surface area contributed by atoms with E-state index >= 15 is 0 Å². The molecular weight excluding hydrogens is 687 g/mol. The summed E-state index contributed by atoms with van der Waals surface area (Å²) in [5.41, 5.74) is 5.93. The molecule has 3 rings (SSSR count). The molecule has 11 nitrogen and oxygen atoms in total. The molecule has 2 aromatic carbocycles. The number of ether oxygens (including phenoxy) is 1. The number of aliphatic hydroxyl groups is 1. The first kappa shape index (κ1) is 36.0. The number of hydrogen-bond donors (Lipinski definition) is 2. The first-order valence-electron chi connectivity index (χ1n) is 9.60. The molecule has 212 valence electrons. The van der Waals surface area contributed by atoms with Gasteiger partial charge in [-0.1, -0.05) is 49.6 Å². The van der Waals surface area contributed by atoms with Gasteiger partial charge in [-0.25, -0.2) is 31.1 Å². The van der Waals surface area contributed by atoms with Crippen LogP contribution >= 0.6 is 49.8 Å². The van der Waals surface area contributed by atoms with Crippen LogP contribution in [0.15, 0.2) is 40.8 Å². The van der Waals surface area contributed by atoms with Gasteiger partial charge in [0.05, 0.1) is 29.6 Å². The molecule has 1 aliphatic heterocycles. The van der Waals surface area contributed by atoms with Crippen molar-refractivity contribution in [3.05, 3.63) is 63.6 Å². The number of rotatable bonds is 5. The van der Waals surface area contributed by atoms with Gasteiger partial charge in [-0.15, -0.1) is 0 Å². The third-order valence-corrected chi connectivity index (χ3v) is 6.82. The van der Waals surface area contributed by atoms with Crippen molar-refractivity contribution < 1.29 is 45.0 Å². The summed E-state index contributed by atoms with van der Waals surface area (Å²) in [4.78, 5) is 20.2. The average Bonchev–Trinajstić information content (AvgIpc) is 3.26. The van der Waals surface area contributed by atoms with Crippen LogP contribution in [-0.2, 0) is 34.5 Å². The van der Waals surface area contributed by atoms with Crippen molar-refractivity contribution in [2.75, 3.05) is 30.8 Å². The summed E-state index contributed by atoms with van der Waals surface area (Å²) in [5, 5.41) is 8.78. The molecule has 1 aliphatic rings. The Hall–Kier alpha value is -2.04. The Morgan fingerprint density at radius 1 is 1.11 bits per heavy atom. The first-order valence-corrected chi connectivity index (χ1v) is 15.3. The average molecular weight is 706 g/mol. The summed E-state index contributed by atoms with van der Waals surface area (Å²) in [6.45, 7) is 0.259. The highest BCUT2D eigenvalue weighted by molar-refractivity contribution is 9.09. The summed E-state index contributed by atoms with van der Waals surface area (Å²) < 4.78 is 75.4. The number of sulfonamides is 1. The molecular formula is C19H19BrCl3F2N3O8S2. The minimum Gasteiger partial charge on any atom is -0.447 e. The second kappa shape index (κ2) is 17.5. The topological polar surface area (TPSA) is 174 Å². The number of isocyanates is 1. The van der Waals surface area contributed by atoms with E-state index in [4.69, 9.17) is 38.8 Å². The Balaban J connectivity index is 0.000000571. The zero-order chi connectivity index (χ0) is 29.5. The normalized spacial score (nSPS) is 12.4. The molecule has 19 heteroatoms. The summed E-state index contributed by atoms with van der Waals surface area (Å²) >= 11 is 14.2. The van der Waals surface area contributed by atoms with Crippen molar-refractivity contribution in [3.8, 4) is 0 Å². The maximum absolute atomic E-state index is 12.8. The molecule has 0 saturated carbocycles. The Morgan fingerprint density at radius 3 is 1.97 bits per heavy atom. The van der Waals surface area contributed by atoms with Gasteiger partial charge < -0.3 is 15.6 Å². The number of amides is 1. The number of alkyl halides is 1. The van der Waals surface area contributed by atoms with E-state index in [-0.39, 0.29) is 41.2 Å². The van der Waals surface area contributed by atoms with Crippen molar-refractivity contribution in [3.63, 3.8) is 0 Å². The number of nitrogen functional groups attached to an aromatic ring is 1. The molecule has 0 aliphatic carbocycles. The van der Waals surface area contributed by atoms with Crippen LogP contribution in [0.4, 0.5) is 19.3 Å². The minimum atomic E-state index is -4.00. The number of carbonyl (C=O) groups is 1. The Labute approximate surface area is 239 Å². The maximum Gasteiger partial charge on any atom is 0.423 e. The zero-order valence-electron chi connectivity index (χ0n) is 18.9. The smallest absolute Gasteiger partial charge is 0.423 e. The van der Waals surface area contributed by atoms with Gasteiger partial charge in [0.2, 0.25) is 10.0 Å². The lowest BCUT2D eigenvalue weighted by atomic mass is 10.2. The van der Waals surface area contributed by atoms with Crippen molar-refractivity contribution in [1.29, 1.82) is 0 Å². The second-order valence-electron chi connectivity index (χ2n) is 6.35. The van der Waals surface area contributed by atoms with Gasteiger partial charge in [-0.2, -0.15) is 8.42 Å². The molecule has 1 heterocycles. The lowest BCUT2D eigenvalue weighted by Crippen LogP contribution is -2.32. The van der Waals surface area contributed by atoms with Gasteiger partial charge in [0, 0.05) is 21.0 Å². The number of benzene rings is 2. The summed E-state index contributed by atoms with van der Waals surface area (Å²) in [7, 11) is -3.47. The van der Waals surface area contributed by atoms with Crippen molar-refractivity contribution in [2.45, 2.75) is 5.75 Å². The Morgan fingerprint density at radius 2 is 1.63 bits per heavy atom. The summed E-state index contributed by atoms with van der Waals surface area (Å²) in [6, 6.07) is 7.28. The van der Waals surface area contributed by atoms with Crippen LogP contribution in [0.3, 0.4) is 0 Å². The third kappa shape index (κ3) is 14.8. The van der Waals surface area contributed by atoms with Gasteiger partial charge in [0.25, 0.3) is 6.08 Å². The van der Waals surface area contributed by atoms with Crippen LogP contribution < -0.4 is 5.73 Å². The molecule has 1 fully saturated rings. The van der Waals surface area contributed by atoms with Gasteiger partial charge in [0.1, 0.15) is 18.2 Å². The molecule has 0 unspecified atom stereocenters. The van der Waals surface area contributed by atoms with E-state index in [1.54, 1.807) is 0 Å². The van der Waals surface area contributed by atoms with Gasteiger partial charge in [-0.3, -0.25) is 0 Å². The van der Waals surface area contributed by atoms with Crippen LogP contribution in [0.2, 0.25) is 10.0 Å². The molecule has 0 spiro atoms. The van der Waals surface area contributed by atoms with Crippen LogP contribution in [0.1, 0.15) is 5.56 Å². The fourth-order valence-electron chi connectivity index (χ4n) is 2.09. The molecule has 1 saturated heterocycles. The standard InChI is InChI=1S/C10H9ClFNO4S.C6H5ClFN.C2H5BrO.CClNO3S/c11-9-5-8(12)2-1-7(9)6-18(15,16)13-3-4-17-10(13)14;7-5-3-4(8)1-2-6(5)9;3-1-2-4;2-7(5,6)3-1-4/h1-2,5H,3-4,6H2;1-3H,9H2;4H,1-2H2;. The monoisotopic (exact) mass is 703 g/mol. The first-order chi connectivity index (χ1) is 17.6. The third-order valence-electron chi connectivity index (χ3n) is 3.61. The van der Waals surface area contributed by atoms with Crippen molar-refractivity contribution in [2.24, 2.45) is 4.40 Å². The lowest BCUT2D eigenvalue weighted by molar-refractivity contribution is 0.170. The molecule has 0 bridgehead atoms. The highest BCUT2D eigenvalue weighted by Crippen LogP contribution is 2.22. The predicted molar refractivity (Wildman–Crippen MR) is 142 cm³/mol. The number of cyclic esters (lactones) is 1. The van der Waals surface area contributed by atoms with E-state index in [0.717, 1.165) is 18.2 Å². The highest BCUT2D eigenvalue weighted by Gasteiger charge is 2.33. The van der Waals surface area contributed by atoms with Crippen molar-refractivity contribution >= 4 is 86.9 Å². The molecule has 0 atom stereocenters. The van der Waals surface area contributed by atoms with E-state index in [9.17, 15) is 30.4 Å². The fourth-order valence-corrected chi connectivity index (χ4v) is 4.18. The van der Waals surface area contributed by atoms with Gasteiger partial charge in [-0.05, 0) is 35.9 Å². The number of aliphatic hydroxyl groups excluding tert-OH is 1. The highest BCUT2D eigenvalue weighted by atomic mass is 79.9. The maximum atomic E-state index is 12.8. The van der Waals surface area contributed by atoms with Crippen LogP contribution in [-0.4, -0.2) is 63.5 Å². The SMILES string of the molecule is Nc1ccc(F)cc1Cl.O=C1OCCN1S(=O)(=O)Cc1ccc(F)cc1Cl.O=C=NS(=O)(=O)Cl.OCCBr. The fraction of sp³-hybridized carbons (Fsp3) is 0.263. The number of carbonyl (C=O) groups excluding carboxylic acids is 2. The van der Waals surface area contributed by atoms with Crippen LogP contribution in [0.5, 0.6) is 0 Å². The van der Waals surface area contributed by atoms with Crippen LogP contribution in [0.25, 0.3) is 0 Å². The van der Waals surface area contributed by atoms with E-state index < -0.39 is 36.9 Å². The predicted octanol–water partition coefficient (Wildman–Crippen LogP) is 4.00. The summed E-state index contributed by atoms with van der Waals surface area (Å²) in [5.74, 6) is -1.39.